The van der Waals surface area contributed by atoms with Crippen LogP contribution in [0.1, 0.15) is 19.8 Å². The zero-order valence-electron chi connectivity index (χ0n) is 10.1. The summed E-state index contributed by atoms with van der Waals surface area (Å²) in [7, 11) is 3.35. The molecular formula is C11H24N2O2. The summed E-state index contributed by atoms with van der Waals surface area (Å²) in [5.41, 5.74) is 0. The highest BCUT2D eigenvalue weighted by molar-refractivity contribution is 4.73. The molecule has 4 heteroatoms. The molecule has 0 aromatic heterocycles. The summed E-state index contributed by atoms with van der Waals surface area (Å²) in [6.07, 6.45) is 2.39. The van der Waals surface area contributed by atoms with Gasteiger partial charge in [-0.3, -0.25) is 0 Å². The molecule has 4 nitrogen and oxygen atoms in total. The first kappa shape index (κ1) is 12.9. The van der Waals surface area contributed by atoms with Gasteiger partial charge < -0.3 is 20.1 Å². The van der Waals surface area contributed by atoms with Crippen molar-refractivity contribution in [3.63, 3.8) is 0 Å². The molecule has 1 saturated heterocycles. The Bertz CT molecular complexity index is 157. The highest BCUT2D eigenvalue weighted by Crippen LogP contribution is 2.10. The van der Waals surface area contributed by atoms with E-state index in [0.29, 0.717) is 0 Å². The fourth-order valence-corrected chi connectivity index (χ4v) is 2.04. The molecule has 1 rings (SSSR count). The van der Waals surface area contributed by atoms with Gasteiger partial charge in [-0.1, -0.05) is 0 Å². The fourth-order valence-electron chi connectivity index (χ4n) is 2.04. The quantitative estimate of drug-likeness (QED) is 0.638. The van der Waals surface area contributed by atoms with Crippen molar-refractivity contribution in [3.05, 3.63) is 0 Å². The summed E-state index contributed by atoms with van der Waals surface area (Å²) < 4.78 is 10.4. The van der Waals surface area contributed by atoms with E-state index in [1.165, 1.54) is 12.8 Å². The maximum atomic E-state index is 5.20. The highest BCUT2D eigenvalue weighted by atomic mass is 16.7. The van der Waals surface area contributed by atoms with Crippen LogP contribution in [0, 0.1) is 5.92 Å². The van der Waals surface area contributed by atoms with Crippen LogP contribution in [0.2, 0.25) is 0 Å². The van der Waals surface area contributed by atoms with Gasteiger partial charge in [0.1, 0.15) is 0 Å². The van der Waals surface area contributed by atoms with Gasteiger partial charge in [-0.2, -0.15) is 0 Å². The van der Waals surface area contributed by atoms with Gasteiger partial charge in [0.25, 0.3) is 0 Å². The Morgan fingerprint density at radius 1 is 1.27 bits per heavy atom. The van der Waals surface area contributed by atoms with Crippen molar-refractivity contribution >= 4 is 0 Å². The molecule has 0 spiro atoms. The van der Waals surface area contributed by atoms with Crippen molar-refractivity contribution in [1.29, 1.82) is 0 Å². The van der Waals surface area contributed by atoms with Crippen molar-refractivity contribution in [2.75, 3.05) is 33.9 Å². The molecule has 1 aliphatic heterocycles. The molecule has 0 radical (unpaired) electrons. The Labute approximate surface area is 92.7 Å². The summed E-state index contributed by atoms with van der Waals surface area (Å²) in [6.45, 7) is 5.46. The highest BCUT2D eigenvalue weighted by Gasteiger charge is 2.18. The molecular weight excluding hydrogens is 192 g/mol. The van der Waals surface area contributed by atoms with E-state index in [9.17, 15) is 0 Å². The molecule has 0 aromatic carbocycles. The lowest BCUT2D eigenvalue weighted by atomic mass is 9.98. The van der Waals surface area contributed by atoms with E-state index in [0.717, 1.165) is 25.6 Å². The second-order valence-corrected chi connectivity index (χ2v) is 4.23. The number of methoxy groups -OCH3 is 2. The Kier molecular flexibility index (Phi) is 6.17. The van der Waals surface area contributed by atoms with Crippen molar-refractivity contribution < 1.29 is 9.47 Å². The normalized spacial score (nSPS) is 20.8. The molecule has 2 N–H and O–H groups in total. The van der Waals surface area contributed by atoms with Gasteiger partial charge in [-0.15, -0.1) is 0 Å². The predicted molar refractivity (Wildman–Crippen MR) is 60.9 cm³/mol. The minimum atomic E-state index is -0.147. The van der Waals surface area contributed by atoms with E-state index < -0.39 is 0 Å². The first-order chi connectivity index (χ1) is 7.27. The van der Waals surface area contributed by atoms with E-state index in [4.69, 9.17) is 9.47 Å². The third-order valence-electron chi connectivity index (χ3n) is 3.06. The number of ether oxygens (including phenoxy) is 2. The summed E-state index contributed by atoms with van der Waals surface area (Å²) in [4.78, 5) is 0. The summed E-state index contributed by atoms with van der Waals surface area (Å²) in [5, 5.41) is 6.85. The van der Waals surface area contributed by atoms with Gasteiger partial charge in [0.2, 0.25) is 0 Å². The van der Waals surface area contributed by atoms with E-state index in [-0.39, 0.29) is 12.3 Å². The van der Waals surface area contributed by atoms with E-state index >= 15 is 0 Å². The first-order valence-corrected chi connectivity index (χ1v) is 5.77. The van der Waals surface area contributed by atoms with Gasteiger partial charge >= 0.3 is 0 Å². The molecule has 1 unspecified atom stereocenters. The third-order valence-corrected chi connectivity index (χ3v) is 3.06. The monoisotopic (exact) mass is 216 g/mol. The average Bonchev–Trinajstić information content (AvgIpc) is 2.29. The van der Waals surface area contributed by atoms with E-state index in [1.54, 1.807) is 14.2 Å². The van der Waals surface area contributed by atoms with E-state index in [2.05, 4.69) is 17.6 Å². The molecule has 1 heterocycles. The van der Waals surface area contributed by atoms with Crippen LogP contribution in [0.4, 0.5) is 0 Å². The molecule has 0 saturated carbocycles. The van der Waals surface area contributed by atoms with Crippen LogP contribution in [0.5, 0.6) is 0 Å². The number of hydrogen-bond donors (Lipinski definition) is 2. The Balaban J connectivity index is 2.16. The molecule has 90 valence electrons. The van der Waals surface area contributed by atoms with Crippen LogP contribution in [0.3, 0.4) is 0 Å². The van der Waals surface area contributed by atoms with Gasteiger partial charge in [-0.25, -0.2) is 0 Å². The standard InChI is InChI=1S/C11H24N2O2/c1-9(11(14-2)15-3)13-8-10-4-6-12-7-5-10/h9-13H,4-8H2,1-3H3. The average molecular weight is 216 g/mol. The largest absolute Gasteiger partial charge is 0.354 e. The molecule has 1 fully saturated rings. The predicted octanol–water partition coefficient (Wildman–Crippen LogP) is 0.583. The number of rotatable bonds is 6. The summed E-state index contributed by atoms with van der Waals surface area (Å²) in [6, 6.07) is 0.245. The van der Waals surface area contributed by atoms with Gasteiger partial charge in [0.15, 0.2) is 6.29 Å². The second kappa shape index (κ2) is 7.17. The number of piperidine rings is 1. The minimum absolute atomic E-state index is 0.147. The molecule has 0 amide bonds. The molecule has 15 heavy (non-hydrogen) atoms. The van der Waals surface area contributed by atoms with Crippen LogP contribution in [-0.4, -0.2) is 46.2 Å². The topological polar surface area (TPSA) is 42.5 Å². The zero-order chi connectivity index (χ0) is 11.1. The molecule has 1 atom stereocenters. The maximum Gasteiger partial charge on any atom is 0.171 e. The van der Waals surface area contributed by atoms with Crippen molar-refractivity contribution in [2.24, 2.45) is 5.92 Å². The first-order valence-electron chi connectivity index (χ1n) is 5.77. The molecule has 0 aromatic rings. The van der Waals surface area contributed by atoms with Gasteiger partial charge in [0.05, 0.1) is 6.04 Å². The third kappa shape index (κ3) is 4.47. The molecule has 1 aliphatic rings. The SMILES string of the molecule is COC(OC)C(C)NCC1CCNCC1. The van der Waals surface area contributed by atoms with Crippen LogP contribution >= 0.6 is 0 Å². The Morgan fingerprint density at radius 2 is 1.87 bits per heavy atom. The van der Waals surface area contributed by atoms with E-state index in [1.807, 2.05) is 0 Å². The summed E-state index contributed by atoms with van der Waals surface area (Å²) >= 11 is 0. The maximum absolute atomic E-state index is 5.20. The lowest BCUT2D eigenvalue weighted by Crippen LogP contribution is -2.43. The van der Waals surface area contributed by atoms with Crippen LogP contribution in [0.25, 0.3) is 0 Å². The van der Waals surface area contributed by atoms with Crippen molar-refractivity contribution in [2.45, 2.75) is 32.1 Å². The molecule has 0 aliphatic carbocycles. The van der Waals surface area contributed by atoms with Crippen LogP contribution in [-0.2, 0) is 9.47 Å². The fraction of sp³-hybridized carbons (Fsp3) is 1.00. The minimum Gasteiger partial charge on any atom is -0.354 e. The van der Waals surface area contributed by atoms with Crippen LogP contribution < -0.4 is 10.6 Å². The van der Waals surface area contributed by atoms with Crippen LogP contribution in [0.15, 0.2) is 0 Å². The smallest absolute Gasteiger partial charge is 0.171 e. The van der Waals surface area contributed by atoms with Gasteiger partial charge in [-0.05, 0) is 45.3 Å². The lowest BCUT2D eigenvalue weighted by Gasteiger charge is -2.27. The van der Waals surface area contributed by atoms with Crippen molar-refractivity contribution in [1.82, 2.24) is 10.6 Å². The summed E-state index contributed by atoms with van der Waals surface area (Å²) in [5.74, 6) is 0.795. The Hall–Kier alpha value is -0.160. The molecule has 0 bridgehead atoms. The number of nitrogens with one attached hydrogen (secondary N) is 2. The number of hydrogen-bond acceptors (Lipinski definition) is 4. The Morgan fingerprint density at radius 3 is 2.40 bits per heavy atom. The lowest BCUT2D eigenvalue weighted by molar-refractivity contribution is -0.119. The second-order valence-electron chi connectivity index (χ2n) is 4.23. The zero-order valence-corrected chi connectivity index (χ0v) is 10.1. The van der Waals surface area contributed by atoms with Gasteiger partial charge in [0, 0.05) is 14.2 Å². The van der Waals surface area contributed by atoms with Crippen molar-refractivity contribution in [3.8, 4) is 0 Å².